The average Bonchev–Trinajstić information content (AvgIpc) is 2.95. The van der Waals surface area contributed by atoms with E-state index in [9.17, 15) is 4.39 Å². The van der Waals surface area contributed by atoms with Gasteiger partial charge in [-0.25, -0.2) is 4.39 Å². The van der Waals surface area contributed by atoms with Crippen molar-refractivity contribution >= 4 is 47.8 Å². The topological polar surface area (TPSA) is 0 Å². The first kappa shape index (κ1) is 16.0. The van der Waals surface area contributed by atoms with Crippen molar-refractivity contribution in [1.29, 1.82) is 0 Å². The Morgan fingerprint density at radius 3 is 2.37 bits per heavy atom. The fourth-order valence-corrected chi connectivity index (χ4v) is 5.74. The van der Waals surface area contributed by atoms with Crippen molar-refractivity contribution in [2.75, 3.05) is 10.7 Å². The van der Waals surface area contributed by atoms with Crippen LogP contribution in [0.3, 0.4) is 0 Å². The highest BCUT2D eigenvalue weighted by molar-refractivity contribution is 9.10. The van der Waals surface area contributed by atoms with Crippen LogP contribution >= 0.6 is 47.8 Å². The first-order valence-corrected chi connectivity index (χ1v) is 9.71. The van der Waals surface area contributed by atoms with Crippen LogP contribution in [0.15, 0.2) is 22.7 Å². The second-order valence-corrected chi connectivity index (χ2v) is 7.42. The van der Waals surface area contributed by atoms with Crippen molar-refractivity contribution in [2.45, 2.75) is 32.1 Å². The number of hydrogen-bond donors (Lipinski definition) is 0. The van der Waals surface area contributed by atoms with E-state index in [1.807, 2.05) is 6.07 Å². The molecule has 2 rings (SSSR count). The highest BCUT2D eigenvalue weighted by Gasteiger charge is 2.39. The van der Waals surface area contributed by atoms with E-state index in [2.05, 4.69) is 47.8 Å². The molecule has 0 saturated heterocycles. The molecule has 0 radical (unpaired) electrons. The Hall–Kier alpha value is 0.590. The Kier molecular flexibility index (Phi) is 5.91. The van der Waals surface area contributed by atoms with E-state index in [1.54, 1.807) is 6.07 Å². The minimum Gasteiger partial charge on any atom is -0.206 e. The molecule has 1 aromatic carbocycles. The lowest BCUT2D eigenvalue weighted by Gasteiger charge is -2.37. The van der Waals surface area contributed by atoms with Crippen LogP contribution < -0.4 is 0 Å². The lowest BCUT2D eigenvalue weighted by Crippen LogP contribution is -2.35. The summed E-state index contributed by atoms with van der Waals surface area (Å²) in [4.78, 5) is 0. The lowest BCUT2D eigenvalue weighted by molar-refractivity contribution is 0.232. The minimum atomic E-state index is -0.165. The van der Waals surface area contributed by atoms with Gasteiger partial charge < -0.3 is 0 Å². The van der Waals surface area contributed by atoms with Gasteiger partial charge in [-0.1, -0.05) is 56.8 Å². The van der Waals surface area contributed by atoms with Crippen LogP contribution in [0.1, 0.15) is 31.2 Å². The third-order valence-corrected chi connectivity index (χ3v) is 7.45. The zero-order valence-electron chi connectivity index (χ0n) is 10.8. The van der Waals surface area contributed by atoms with Gasteiger partial charge in [0, 0.05) is 10.7 Å². The van der Waals surface area contributed by atoms with E-state index in [-0.39, 0.29) is 11.2 Å². The van der Waals surface area contributed by atoms with Gasteiger partial charge in [0.25, 0.3) is 0 Å². The molecular weight excluding hydrogens is 439 g/mol. The molecule has 0 aliphatic heterocycles. The molecule has 0 aromatic heterocycles. The van der Waals surface area contributed by atoms with Crippen molar-refractivity contribution in [3.8, 4) is 0 Å². The Labute approximate surface area is 139 Å². The maximum Gasteiger partial charge on any atom is 0.137 e. The van der Waals surface area contributed by atoms with Crippen molar-refractivity contribution in [3.63, 3.8) is 0 Å². The van der Waals surface area contributed by atoms with E-state index in [1.165, 1.54) is 31.7 Å². The van der Waals surface area contributed by atoms with Gasteiger partial charge in [-0.15, -0.1) is 0 Å². The number of hydrogen-bond acceptors (Lipinski definition) is 0. The summed E-state index contributed by atoms with van der Waals surface area (Å²) in [6.45, 7) is 0. The van der Waals surface area contributed by atoms with Crippen molar-refractivity contribution in [3.05, 3.63) is 34.1 Å². The van der Waals surface area contributed by atoms with E-state index in [0.29, 0.717) is 4.47 Å². The Morgan fingerprint density at radius 1 is 1.16 bits per heavy atom. The molecule has 0 amide bonds. The van der Waals surface area contributed by atoms with E-state index >= 15 is 0 Å². The van der Waals surface area contributed by atoms with Crippen molar-refractivity contribution in [1.82, 2.24) is 0 Å². The van der Waals surface area contributed by atoms with Gasteiger partial charge in [0.15, 0.2) is 0 Å². The largest absolute Gasteiger partial charge is 0.206 e. The van der Waals surface area contributed by atoms with Crippen LogP contribution in [0, 0.1) is 17.2 Å². The molecule has 19 heavy (non-hydrogen) atoms. The zero-order valence-corrected chi connectivity index (χ0v) is 15.5. The molecule has 1 aromatic rings. The fraction of sp³-hybridized carbons (Fsp3) is 0.600. The molecule has 1 saturated carbocycles. The molecule has 0 bridgehead atoms. The van der Waals surface area contributed by atoms with Gasteiger partial charge in [0.05, 0.1) is 4.47 Å². The van der Waals surface area contributed by atoms with Crippen LogP contribution in [0.5, 0.6) is 0 Å². The molecule has 0 heterocycles. The molecule has 1 aliphatic carbocycles. The molecule has 1 aliphatic rings. The average molecular weight is 457 g/mol. The predicted octanol–water partition coefficient (Wildman–Crippen LogP) is 6.10. The summed E-state index contributed by atoms with van der Waals surface area (Å²) in [5.74, 6) is 0.559. The molecule has 1 fully saturated rings. The SMILES string of the molecule is Fc1cccc(CC(CBr)(CBr)C2CCCC2)c1Br. The van der Waals surface area contributed by atoms with Crippen LogP contribution in [-0.4, -0.2) is 10.7 Å². The summed E-state index contributed by atoms with van der Waals surface area (Å²) in [6.07, 6.45) is 6.16. The highest BCUT2D eigenvalue weighted by atomic mass is 79.9. The standard InChI is InChI=1S/C15H18Br3F/c16-9-15(10-17,12-5-1-2-6-12)8-11-4-3-7-13(19)14(11)18/h3-4,7,12H,1-2,5-6,8-10H2. The van der Waals surface area contributed by atoms with Crippen LogP contribution in [-0.2, 0) is 6.42 Å². The molecule has 0 spiro atoms. The lowest BCUT2D eigenvalue weighted by atomic mass is 9.73. The summed E-state index contributed by atoms with van der Waals surface area (Å²) in [5.41, 5.74) is 1.26. The minimum absolute atomic E-state index is 0.165. The molecule has 0 atom stereocenters. The molecule has 0 N–H and O–H groups in total. The van der Waals surface area contributed by atoms with Gasteiger partial charge in [-0.05, 0) is 58.2 Å². The van der Waals surface area contributed by atoms with E-state index in [0.717, 1.165) is 28.6 Å². The summed E-state index contributed by atoms with van der Waals surface area (Å²) in [7, 11) is 0. The van der Waals surface area contributed by atoms with Crippen molar-refractivity contribution in [2.24, 2.45) is 11.3 Å². The quantitative estimate of drug-likeness (QED) is 0.470. The zero-order chi connectivity index (χ0) is 13.9. The van der Waals surface area contributed by atoms with Gasteiger partial charge in [-0.2, -0.15) is 0 Å². The summed E-state index contributed by atoms with van der Waals surface area (Å²) < 4.78 is 14.3. The number of halogens is 4. The third-order valence-electron chi connectivity index (χ3n) is 4.33. The van der Waals surface area contributed by atoms with Crippen LogP contribution in [0.25, 0.3) is 0 Å². The summed E-state index contributed by atoms with van der Waals surface area (Å²) in [5, 5.41) is 1.91. The van der Waals surface area contributed by atoms with Gasteiger partial charge in [0.1, 0.15) is 5.82 Å². The molecule has 4 heteroatoms. The Bertz CT molecular complexity index is 423. The monoisotopic (exact) mass is 454 g/mol. The first-order chi connectivity index (χ1) is 9.13. The first-order valence-electron chi connectivity index (χ1n) is 6.68. The van der Waals surface area contributed by atoms with Gasteiger partial charge >= 0.3 is 0 Å². The fourth-order valence-electron chi connectivity index (χ4n) is 3.10. The van der Waals surface area contributed by atoms with Gasteiger partial charge in [-0.3, -0.25) is 0 Å². The number of benzene rings is 1. The molecular formula is C15H18Br3F. The molecule has 106 valence electrons. The Balaban J connectivity index is 2.27. The van der Waals surface area contributed by atoms with E-state index < -0.39 is 0 Å². The van der Waals surface area contributed by atoms with Crippen molar-refractivity contribution < 1.29 is 4.39 Å². The number of rotatable bonds is 5. The van der Waals surface area contributed by atoms with Gasteiger partial charge in [0.2, 0.25) is 0 Å². The summed E-state index contributed by atoms with van der Waals surface area (Å²) >= 11 is 10.8. The molecule has 0 nitrogen and oxygen atoms in total. The Morgan fingerprint density at radius 2 is 1.79 bits per heavy atom. The maximum absolute atomic E-state index is 13.7. The normalized spacial score (nSPS) is 17.1. The second-order valence-electron chi connectivity index (χ2n) is 5.50. The summed E-state index contributed by atoms with van der Waals surface area (Å²) in [6, 6.07) is 5.34. The van der Waals surface area contributed by atoms with Crippen LogP contribution in [0.2, 0.25) is 0 Å². The van der Waals surface area contributed by atoms with E-state index in [4.69, 9.17) is 0 Å². The smallest absolute Gasteiger partial charge is 0.137 e. The van der Waals surface area contributed by atoms with Crippen LogP contribution in [0.4, 0.5) is 4.39 Å². The highest BCUT2D eigenvalue weighted by Crippen LogP contribution is 2.45. The second kappa shape index (κ2) is 7.04. The maximum atomic E-state index is 13.7. The molecule has 0 unspecified atom stereocenters. The third kappa shape index (κ3) is 3.44. The number of alkyl halides is 2. The predicted molar refractivity (Wildman–Crippen MR) is 89.8 cm³/mol.